The van der Waals surface area contributed by atoms with Gasteiger partial charge in [-0.1, -0.05) is 35.1 Å². The highest BCUT2D eigenvalue weighted by Crippen LogP contribution is 2.30. The van der Waals surface area contributed by atoms with Gasteiger partial charge in [0.2, 0.25) is 0 Å². The van der Waals surface area contributed by atoms with Crippen molar-refractivity contribution in [2.45, 2.75) is 25.8 Å². The van der Waals surface area contributed by atoms with Crippen LogP contribution < -0.4 is 5.32 Å². The molecule has 3 aromatic rings. The monoisotopic (exact) mass is 375 g/mol. The van der Waals surface area contributed by atoms with E-state index >= 15 is 0 Å². The van der Waals surface area contributed by atoms with Crippen molar-refractivity contribution in [1.29, 1.82) is 0 Å². The van der Waals surface area contributed by atoms with Gasteiger partial charge in [0.15, 0.2) is 10.8 Å². The molecule has 1 atom stereocenters. The van der Waals surface area contributed by atoms with Crippen molar-refractivity contribution in [3.05, 3.63) is 40.5 Å². The molecule has 0 bridgehead atoms. The number of thiazole rings is 1. The van der Waals surface area contributed by atoms with Crippen LogP contribution in [0.15, 0.2) is 24.3 Å². The van der Waals surface area contributed by atoms with Crippen LogP contribution in [0.1, 0.15) is 30.1 Å². The molecule has 0 saturated carbocycles. The van der Waals surface area contributed by atoms with E-state index in [0.29, 0.717) is 6.04 Å². The van der Waals surface area contributed by atoms with Crippen LogP contribution in [-0.4, -0.2) is 39.3 Å². The zero-order valence-electron chi connectivity index (χ0n) is 14.5. The van der Waals surface area contributed by atoms with E-state index in [0.717, 1.165) is 45.8 Å². The summed E-state index contributed by atoms with van der Waals surface area (Å²) in [5.41, 5.74) is 3.30. The van der Waals surface area contributed by atoms with Crippen molar-refractivity contribution in [2.75, 3.05) is 25.0 Å². The smallest absolute Gasteiger partial charge is 0.185 e. The van der Waals surface area contributed by atoms with Gasteiger partial charge in [0.1, 0.15) is 0 Å². The highest BCUT2D eigenvalue weighted by molar-refractivity contribution is 7.22. The summed E-state index contributed by atoms with van der Waals surface area (Å²) in [5, 5.41) is 9.72. The van der Waals surface area contributed by atoms with Crippen molar-refractivity contribution < 1.29 is 0 Å². The number of benzene rings is 1. The molecule has 0 amide bonds. The molecule has 1 saturated heterocycles. The number of hydrogen-bond donors (Lipinski definition) is 1. The van der Waals surface area contributed by atoms with Crippen molar-refractivity contribution in [2.24, 2.45) is 7.05 Å². The summed E-state index contributed by atoms with van der Waals surface area (Å²) in [4.78, 5) is 7.26. The summed E-state index contributed by atoms with van der Waals surface area (Å²) < 4.78 is 3.01. The Bertz CT molecular complexity index is 829. The lowest BCUT2D eigenvalue weighted by Gasteiger charge is -2.28. The number of rotatable bonds is 5. The molecule has 1 fully saturated rings. The third-order valence-electron chi connectivity index (χ3n) is 4.83. The SMILES string of the molecule is Cc1nn(C)c2nc(NC[C@@H](c3ccc(Cl)cc3)N3CCCC3)sc12. The molecule has 1 N–H and O–H groups in total. The Morgan fingerprint density at radius 2 is 1.96 bits per heavy atom. The van der Waals surface area contributed by atoms with Crippen LogP contribution in [-0.2, 0) is 7.05 Å². The van der Waals surface area contributed by atoms with Gasteiger partial charge in [-0.15, -0.1) is 0 Å². The average molecular weight is 376 g/mol. The Morgan fingerprint density at radius 3 is 2.64 bits per heavy atom. The molecule has 0 radical (unpaired) electrons. The second-order valence-electron chi connectivity index (χ2n) is 6.57. The lowest BCUT2D eigenvalue weighted by Crippen LogP contribution is -2.31. The number of hydrogen-bond acceptors (Lipinski definition) is 5. The predicted octanol–water partition coefficient (Wildman–Crippen LogP) is 4.24. The Labute approximate surface area is 156 Å². The van der Waals surface area contributed by atoms with Crippen molar-refractivity contribution >= 4 is 38.4 Å². The summed E-state index contributed by atoms with van der Waals surface area (Å²) in [7, 11) is 1.94. The standard InChI is InChI=1S/C18H22ClN5S/c1-12-16-17(23(2)22-12)21-18(25-16)20-11-15(24-9-3-4-10-24)13-5-7-14(19)8-6-13/h5-8,15H,3-4,9-11H2,1-2H3,(H,20,21)/t15-/m0/s1. The number of likely N-dealkylation sites (tertiary alicyclic amines) is 1. The molecule has 0 spiro atoms. The molecule has 0 unspecified atom stereocenters. The van der Waals surface area contributed by atoms with Crippen molar-refractivity contribution in [3.8, 4) is 0 Å². The quantitative estimate of drug-likeness (QED) is 0.724. The van der Waals surface area contributed by atoms with Gasteiger partial charge >= 0.3 is 0 Å². The first-order valence-corrected chi connectivity index (χ1v) is 9.85. The maximum atomic E-state index is 6.07. The fourth-order valence-electron chi connectivity index (χ4n) is 3.54. The molecule has 7 heteroatoms. The largest absolute Gasteiger partial charge is 0.360 e. The Kier molecular flexibility index (Phi) is 4.67. The van der Waals surface area contributed by atoms with E-state index in [1.54, 1.807) is 11.3 Å². The van der Waals surface area contributed by atoms with Gasteiger partial charge in [0.25, 0.3) is 0 Å². The van der Waals surface area contributed by atoms with Crippen LogP contribution in [0.2, 0.25) is 5.02 Å². The normalized spacial score (nSPS) is 16.6. The van der Waals surface area contributed by atoms with Gasteiger partial charge in [-0.2, -0.15) is 5.10 Å². The summed E-state index contributed by atoms with van der Waals surface area (Å²) in [5.74, 6) is 0. The van der Waals surface area contributed by atoms with Crippen LogP contribution in [0.3, 0.4) is 0 Å². The first-order chi connectivity index (χ1) is 12.1. The molecule has 1 aliphatic heterocycles. The molecule has 2 aromatic heterocycles. The molecule has 0 aliphatic carbocycles. The third kappa shape index (κ3) is 3.38. The van der Waals surface area contributed by atoms with Gasteiger partial charge in [-0.25, -0.2) is 9.67 Å². The molecule has 25 heavy (non-hydrogen) atoms. The van der Waals surface area contributed by atoms with Gasteiger partial charge in [0.05, 0.1) is 16.4 Å². The molecule has 1 aromatic carbocycles. The molecular formula is C18H22ClN5S. The molecule has 3 heterocycles. The number of nitrogens with zero attached hydrogens (tertiary/aromatic N) is 4. The lowest BCUT2D eigenvalue weighted by atomic mass is 10.1. The summed E-state index contributed by atoms with van der Waals surface area (Å²) >= 11 is 7.75. The van der Waals surface area contributed by atoms with E-state index in [1.165, 1.54) is 18.4 Å². The maximum Gasteiger partial charge on any atom is 0.185 e. The van der Waals surface area contributed by atoms with E-state index in [4.69, 9.17) is 16.6 Å². The van der Waals surface area contributed by atoms with E-state index in [-0.39, 0.29) is 0 Å². The third-order valence-corrected chi connectivity index (χ3v) is 6.19. The van der Waals surface area contributed by atoms with Crippen LogP contribution in [0.5, 0.6) is 0 Å². The fraction of sp³-hybridized carbons (Fsp3) is 0.444. The van der Waals surface area contributed by atoms with Gasteiger partial charge in [-0.05, 0) is 50.6 Å². The van der Waals surface area contributed by atoms with Gasteiger partial charge in [0, 0.05) is 18.6 Å². The summed E-state index contributed by atoms with van der Waals surface area (Å²) in [6, 6.07) is 8.57. The van der Waals surface area contributed by atoms with Crippen LogP contribution in [0, 0.1) is 6.92 Å². The number of halogens is 1. The first kappa shape index (κ1) is 16.8. The van der Waals surface area contributed by atoms with E-state index < -0.39 is 0 Å². The van der Waals surface area contributed by atoms with Crippen LogP contribution >= 0.6 is 22.9 Å². The van der Waals surface area contributed by atoms with E-state index in [9.17, 15) is 0 Å². The minimum atomic E-state index is 0.339. The number of anilines is 1. The highest BCUT2D eigenvalue weighted by Gasteiger charge is 2.24. The Hall–Kier alpha value is -1.63. The second-order valence-corrected chi connectivity index (χ2v) is 8.01. The summed E-state index contributed by atoms with van der Waals surface area (Å²) in [6.45, 7) is 5.18. The number of aryl methyl sites for hydroxylation is 2. The Morgan fingerprint density at radius 1 is 1.24 bits per heavy atom. The van der Waals surface area contributed by atoms with Gasteiger partial charge in [-0.3, -0.25) is 4.90 Å². The van der Waals surface area contributed by atoms with E-state index in [1.807, 2.05) is 30.8 Å². The number of aromatic nitrogens is 3. The number of fused-ring (bicyclic) bond motifs is 1. The summed E-state index contributed by atoms with van der Waals surface area (Å²) in [6.07, 6.45) is 2.55. The zero-order valence-corrected chi connectivity index (χ0v) is 16.1. The van der Waals surface area contributed by atoms with Gasteiger partial charge < -0.3 is 5.32 Å². The fourth-order valence-corrected chi connectivity index (χ4v) is 4.60. The number of nitrogens with one attached hydrogen (secondary N) is 1. The van der Waals surface area contributed by atoms with Crippen molar-refractivity contribution in [3.63, 3.8) is 0 Å². The minimum Gasteiger partial charge on any atom is -0.360 e. The average Bonchev–Trinajstić information content (AvgIpc) is 3.30. The molecule has 4 rings (SSSR count). The Balaban J connectivity index is 1.55. The van der Waals surface area contributed by atoms with Crippen LogP contribution in [0.4, 0.5) is 5.13 Å². The minimum absolute atomic E-state index is 0.339. The maximum absolute atomic E-state index is 6.07. The lowest BCUT2D eigenvalue weighted by molar-refractivity contribution is 0.256. The predicted molar refractivity (Wildman–Crippen MR) is 105 cm³/mol. The first-order valence-electron chi connectivity index (χ1n) is 8.65. The van der Waals surface area contributed by atoms with Crippen LogP contribution in [0.25, 0.3) is 10.3 Å². The zero-order chi connectivity index (χ0) is 17.4. The van der Waals surface area contributed by atoms with Crippen molar-refractivity contribution in [1.82, 2.24) is 19.7 Å². The molecule has 5 nitrogen and oxygen atoms in total. The topological polar surface area (TPSA) is 46.0 Å². The second kappa shape index (κ2) is 6.94. The molecule has 132 valence electrons. The molecular weight excluding hydrogens is 354 g/mol. The van der Waals surface area contributed by atoms with E-state index in [2.05, 4.69) is 27.4 Å². The molecule has 1 aliphatic rings. The highest BCUT2D eigenvalue weighted by atomic mass is 35.5.